The quantitative estimate of drug-likeness (QED) is 0.783. The van der Waals surface area contributed by atoms with Crippen LogP contribution in [0, 0.1) is 11.3 Å². The summed E-state index contributed by atoms with van der Waals surface area (Å²) >= 11 is 0. The third-order valence-corrected chi connectivity index (χ3v) is 3.56. The molecule has 0 saturated carbocycles. The highest BCUT2D eigenvalue weighted by atomic mass is 16.6. The largest absolute Gasteiger partial charge is 0.444 e. The Hall–Kier alpha value is -2.02. The third-order valence-electron chi connectivity index (χ3n) is 3.56. The second-order valence-corrected chi connectivity index (χ2v) is 6.42. The smallest absolute Gasteiger partial charge is 0.410 e. The SMILES string of the molecule is CC(C)(C)OC(=O)N1CCCC[C@H]1c1ccc(C#N)cc1. The van der Waals surface area contributed by atoms with Crippen molar-refractivity contribution >= 4 is 6.09 Å². The van der Waals surface area contributed by atoms with Gasteiger partial charge in [0, 0.05) is 6.54 Å². The van der Waals surface area contributed by atoms with E-state index in [2.05, 4.69) is 6.07 Å². The summed E-state index contributed by atoms with van der Waals surface area (Å²) in [5, 5.41) is 8.87. The minimum atomic E-state index is -0.482. The Bertz CT molecular complexity index is 537. The molecule has 1 aliphatic heterocycles. The van der Waals surface area contributed by atoms with Gasteiger partial charge < -0.3 is 9.64 Å². The van der Waals surface area contributed by atoms with Gasteiger partial charge in [0.05, 0.1) is 17.7 Å². The average molecular weight is 286 g/mol. The van der Waals surface area contributed by atoms with Crippen molar-refractivity contribution in [1.29, 1.82) is 5.26 Å². The van der Waals surface area contributed by atoms with Crippen molar-refractivity contribution < 1.29 is 9.53 Å². The molecule has 1 fully saturated rings. The van der Waals surface area contributed by atoms with E-state index in [9.17, 15) is 4.79 Å². The summed E-state index contributed by atoms with van der Waals surface area (Å²) in [6.45, 7) is 6.36. The zero-order chi connectivity index (χ0) is 15.5. The number of hydrogen-bond acceptors (Lipinski definition) is 3. The number of rotatable bonds is 1. The average Bonchev–Trinajstić information content (AvgIpc) is 2.45. The summed E-state index contributed by atoms with van der Waals surface area (Å²) in [4.78, 5) is 14.2. The van der Waals surface area contributed by atoms with Crippen LogP contribution in [0.2, 0.25) is 0 Å². The molecule has 112 valence electrons. The number of nitriles is 1. The van der Waals surface area contributed by atoms with E-state index in [1.807, 2.05) is 37.8 Å². The molecule has 4 heteroatoms. The number of amides is 1. The summed E-state index contributed by atoms with van der Waals surface area (Å²) in [6.07, 6.45) is 2.79. The molecule has 4 nitrogen and oxygen atoms in total. The molecule has 1 amide bonds. The predicted octanol–water partition coefficient (Wildman–Crippen LogP) is 4.02. The normalized spacial score (nSPS) is 19.0. The fourth-order valence-electron chi connectivity index (χ4n) is 2.60. The lowest BCUT2D eigenvalue weighted by Gasteiger charge is -2.37. The first-order valence-corrected chi connectivity index (χ1v) is 7.40. The van der Waals surface area contributed by atoms with E-state index in [1.54, 1.807) is 12.1 Å². The van der Waals surface area contributed by atoms with E-state index >= 15 is 0 Å². The summed E-state index contributed by atoms with van der Waals surface area (Å²) in [5.41, 5.74) is 1.22. The Morgan fingerprint density at radius 2 is 1.95 bits per heavy atom. The first kappa shape index (κ1) is 15.4. The van der Waals surface area contributed by atoms with E-state index in [-0.39, 0.29) is 12.1 Å². The second-order valence-electron chi connectivity index (χ2n) is 6.42. The zero-order valence-corrected chi connectivity index (χ0v) is 12.9. The van der Waals surface area contributed by atoms with E-state index in [0.717, 1.165) is 31.4 Å². The number of benzene rings is 1. The van der Waals surface area contributed by atoms with Crippen LogP contribution in [0.1, 0.15) is 57.2 Å². The van der Waals surface area contributed by atoms with Crippen LogP contribution in [0.3, 0.4) is 0 Å². The molecular formula is C17H22N2O2. The van der Waals surface area contributed by atoms with Crippen LogP contribution in [0.15, 0.2) is 24.3 Å². The van der Waals surface area contributed by atoms with Gasteiger partial charge >= 0.3 is 6.09 Å². The number of carbonyl (C=O) groups is 1. The van der Waals surface area contributed by atoms with Gasteiger partial charge in [-0.1, -0.05) is 12.1 Å². The van der Waals surface area contributed by atoms with Gasteiger partial charge in [-0.2, -0.15) is 5.26 Å². The lowest BCUT2D eigenvalue weighted by molar-refractivity contribution is 0.00951. The first-order valence-electron chi connectivity index (χ1n) is 7.40. The van der Waals surface area contributed by atoms with E-state index in [4.69, 9.17) is 10.00 Å². The van der Waals surface area contributed by atoms with Crippen molar-refractivity contribution in [2.75, 3.05) is 6.54 Å². The third kappa shape index (κ3) is 3.98. The zero-order valence-electron chi connectivity index (χ0n) is 12.9. The Morgan fingerprint density at radius 1 is 1.29 bits per heavy atom. The number of ether oxygens (including phenoxy) is 1. The van der Waals surface area contributed by atoms with Crippen molar-refractivity contribution in [2.24, 2.45) is 0 Å². The second kappa shape index (κ2) is 6.17. The molecular weight excluding hydrogens is 264 g/mol. The highest BCUT2D eigenvalue weighted by Gasteiger charge is 2.31. The van der Waals surface area contributed by atoms with Gasteiger partial charge in [0.1, 0.15) is 5.60 Å². The van der Waals surface area contributed by atoms with Crippen LogP contribution < -0.4 is 0 Å². The summed E-state index contributed by atoms with van der Waals surface area (Å²) in [7, 11) is 0. The molecule has 1 aliphatic rings. The van der Waals surface area contributed by atoms with Crippen molar-refractivity contribution in [3.63, 3.8) is 0 Å². The Morgan fingerprint density at radius 3 is 2.52 bits per heavy atom. The Balaban J connectivity index is 2.18. The van der Waals surface area contributed by atoms with Crippen LogP contribution in [0.4, 0.5) is 4.79 Å². The fourth-order valence-corrected chi connectivity index (χ4v) is 2.60. The standard InChI is InChI=1S/C17H22N2O2/c1-17(2,3)21-16(20)19-11-5-4-6-15(19)14-9-7-13(12-18)8-10-14/h7-10,15H,4-6,11H2,1-3H3/t15-/m0/s1. The van der Waals surface area contributed by atoms with Gasteiger partial charge in [0.25, 0.3) is 0 Å². The Labute approximate surface area is 126 Å². The highest BCUT2D eigenvalue weighted by molar-refractivity contribution is 5.69. The lowest BCUT2D eigenvalue weighted by Crippen LogP contribution is -2.41. The number of carbonyl (C=O) groups excluding carboxylic acids is 1. The topological polar surface area (TPSA) is 53.3 Å². The fraction of sp³-hybridized carbons (Fsp3) is 0.529. The van der Waals surface area contributed by atoms with Crippen molar-refractivity contribution in [3.05, 3.63) is 35.4 Å². The predicted molar refractivity (Wildman–Crippen MR) is 80.7 cm³/mol. The Kier molecular flexibility index (Phi) is 4.52. The minimum Gasteiger partial charge on any atom is -0.444 e. The van der Waals surface area contributed by atoms with Crippen molar-refractivity contribution in [1.82, 2.24) is 4.90 Å². The van der Waals surface area contributed by atoms with Crippen LogP contribution in [0.5, 0.6) is 0 Å². The van der Waals surface area contributed by atoms with Crippen molar-refractivity contribution in [3.8, 4) is 6.07 Å². The molecule has 2 rings (SSSR count). The molecule has 0 unspecified atom stereocenters. The van der Waals surface area contributed by atoms with Gasteiger partial charge in [0.15, 0.2) is 0 Å². The molecule has 1 saturated heterocycles. The van der Waals surface area contributed by atoms with Gasteiger partial charge in [-0.25, -0.2) is 4.79 Å². The first-order chi connectivity index (χ1) is 9.90. The molecule has 0 radical (unpaired) electrons. The van der Waals surface area contributed by atoms with E-state index < -0.39 is 5.60 Å². The molecule has 1 atom stereocenters. The number of hydrogen-bond donors (Lipinski definition) is 0. The molecule has 0 spiro atoms. The maximum Gasteiger partial charge on any atom is 0.410 e. The lowest BCUT2D eigenvalue weighted by atomic mass is 9.95. The van der Waals surface area contributed by atoms with Gasteiger partial charge in [-0.3, -0.25) is 0 Å². The van der Waals surface area contributed by atoms with Gasteiger partial charge in [-0.05, 0) is 57.7 Å². The molecule has 0 N–H and O–H groups in total. The van der Waals surface area contributed by atoms with Gasteiger partial charge in [0.2, 0.25) is 0 Å². The number of nitrogens with zero attached hydrogens (tertiary/aromatic N) is 2. The van der Waals surface area contributed by atoms with Crippen LogP contribution in [0.25, 0.3) is 0 Å². The molecule has 1 heterocycles. The molecule has 21 heavy (non-hydrogen) atoms. The molecule has 0 aromatic heterocycles. The number of piperidine rings is 1. The van der Waals surface area contributed by atoms with E-state index in [1.165, 1.54) is 0 Å². The van der Waals surface area contributed by atoms with Crippen molar-refractivity contribution in [2.45, 2.75) is 51.7 Å². The molecule has 0 bridgehead atoms. The maximum atomic E-state index is 12.4. The minimum absolute atomic E-state index is 0.0429. The molecule has 1 aromatic rings. The van der Waals surface area contributed by atoms with Crippen LogP contribution in [-0.4, -0.2) is 23.1 Å². The van der Waals surface area contributed by atoms with Crippen LogP contribution >= 0.6 is 0 Å². The monoisotopic (exact) mass is 286 g/mol. The maximum absolute atomic E-state index is 12.4. The molecule has 0 aliphatic carbocycles. The highest BCUT2D eigenvalue weighted by Crippen LogP contribution is 2.32. The summed E-state index contributed by atoms with van der Waals surface area (Å²) < 4.78 is 5.51. The summed E-state index contributed by atoms with van der Waals surface area (Å²) in [5.74, 6) is 0. The van der Waals surface area contributed by atoms with E-state index in [0.29, 0.717) is 5.56 Å². The number of likely N-dealkylation sites (tertiary alicyclic amines) is 1. The molecule has 1 aromatic carbocycles. The summed E-state index contributed by atoms with van der Waals surface area (Å²) in [6, 6.07) is 9.64. The van der Waals surface area contributed by atoms with Crippen LogP contribution in [-0.2, 0) is 4.74 Å². The van der Waals surface area contributed by atoms with Gasteiger partial charge in [-0.15, -0.1) is 0 Å².